The van der Waals surface area contributed by atoms with Crippen LogP contribution in [-0.2, 0) is 9.53 Å². The highest BCUT2D eigenvalue weighted by Gasteiger charge is 2.06. The largest absolute Gasteiger partial charge is 0.463 e. The summed E-state index contributed by atoms with van der Waals surface area (Å²) in [7, 11) is 0. The second-order valence-electron chi connectivity index (χ2n) is 3.68. The fourth-order valence-corrected chi connectivity index (χ4v) is 0.935. The summed E-state index contributed by atoms with van der Waals surface area (Å²) in [6.07, 6.45) is 1.11. The minimum atomic E-state index is -0.301. The maximum atomic E-state index is 11.1. The second-order valence-corrected chi connectivity index (χ2v) is 3.68. The molecule has 0 aromatic rings. The lowest BCUT2D eigenvalue weighted by atomic mass is 10.1. The molecule has 0 bridgehead atoms. The first kappa shape index (κ1) is 13.2. The van der Waals surface area contributed by atoms with Crippen molar-refractivity contribution in [2.75, 3.05) is 19.7 Å². The first-order valence-electron chi connectivity index (χ1n) is 5.13. The van der Waals surface area contributed by atoms with Crippen LogP contribution >= 0.6 is 0 Å². The predicted molar refractivity (Wildman–Crippen MR) is 58.1 cm³/mol. The van der Waals surface area contributed by atoms with E-state index in [-0.39, 0.29) is 5.97 Å². The summed E-state index contributed by atoms with van der Waals surface area (Å²) in [6.45, 7) is 11.6. The van der Waals surface area contributed by atoms with E-state index >= 15 is 0 Å². The van der Waals surface area contributed by atoms with E-state index < -0.39 is 0 Å². The van der Waals surface area contributed by atoms with Crippen LogP contribution in [0.4, 0.5) is 0 Å². The Bertz CT molecular complexity index is 188. The van der Waals surface area contributed by atoms with Gasteiger partial charge < -0.3 is 10.1 Å². The normalized spacial score (nSPS) is 10.3. The van der Waals surface area contributed by atoms with E-state index in [2.05, 4.69) is 25.7 Å². The molecule has 0 fully saturated rings. The Morgan fingerprint density at radius 3 is 2.64 bits per heavy atom. The van der Waals surface area contributed by atoms with Crippen LogP contribution < -0.4 is 5.32 Å². The van der Waals surface area contributed by atoms with Crippen LogP contribution in [0.3, 0.4) is 0 Å². The fourth-order valence-electron chi connectivity index (χ4n) is 0.935. The van der Waals surface area contributed by atoms with Crippen LogP contribution in [0.2, 0.25) is 0 Å². The van der Waals surface area contributed by atoms with Crippen LogP contribution in [0.1, 0.15) is 27.2 Å². The maximum Gasteiger partial charge on any atom is 0.334 e. The highest BCUT2D eigenvalue weighted by Crippen LogP contribution is 1.97. The smallest absolute Gasteiger partial charge is 0.334 e. The van der Waals surface area contributed by atoms with E-state index in [1.807, 2.05) is 0 Å². The molecular formula is C11H21NO2. The Kier molecular flexibility index (Phi) is 7.11. The third-order valence-corrected chi connectivity index (χ3v) is 1.80. The summed E-state index contributed by atoms with van der Waals surface area (Å²) in [6, 6.07) is 0. The first-order chi connectivity index (χ1) is 6.57. The van der Waals surface area contributed by atoms with Gasteiger partial charge in [-0.3, -0.25) is 0 Å². The highest BCUT2D eigenvalue weighted by atomic mass is 16.5. The van der Waals surface area contributed by atoms with Gasteiger partial charge in [-0.05, 0) is 25.8 Å². The summed E-state index contributed by atoms with van der Waals surface area (Å²) in [5.41, 5.74) is 0.496. The van der Waals surface area contributed by atoms with Crippen LogP contribution in [0.25, 0.3) is 0 Å². The zero-order valence-electron chi connectivity index (χ0n) is 9.43. The Morgan fingerprint density at radius 2 is 2.14 bits per heavy atom. The number of rotatable bonds is 7. The van der Waals surface area contributed by atoms with Gasteiger partial charge in [-0.15, -0.1) is 0 Å². The molecule has 0 aliphatic rings. The number of carbonyl (C=O) groups is 1. The number of carbonyl (C=O) groups excluding carboxylic acids is 1. The zero-order valence-corrected chi connectivity index (χ0v) is 9.43. The Balaban J connectivity index is 3.49. The van der Waals surface area contributed by atoms with Gasteiger partial charge in [0.15, 0.2) is 0 Å². The Morgan fingerprint density at radius 1 is 1.50 bits per heavy atom. The van der Waals surface area contributed by atoms with Gasteiger partial charge in [0.05, 0.1) is 6.61 Å². The minimum absolute atomic E-state index is 0.301. The van der Waals surface area contributed by atoms with Crippen molar-refractivity contribution in [3.05, 3.63) is 12.2 Å². The number of esters is 1. The lowest BCUT2D eigenvalue weighted by Crippen LogP contribution is -2.23. The third kappa shape index (κ3) is 6.66. The molecule has 0 rings (SSSR count). The highest BCUT2D eigenvalue weighted by molar-refractivity contribution is 5.88. The minimum Gasteiger partial charge on any atom is -0.463 e. The van der Waals surface area contributed by atoms with Gasteiger partial charge >= 0.3 is 5.97 Å². The van der Waals surface area contributed by atoms with Crippen molar-refractivity contribution in [1.29, 1.82) is 0 Å². The van der Waals surface area contributed by atoms with E-state index in [1.165, 1.54) is 0 Å². The zero-order chi connectivity index (χ0) is 11.0. The Hall–Kier alpha value is -0.830. The average Bonchev–Trinajstić information content (AvgIpc) is 2.12. The van der Waals surface area contributed by atoms with Crippen molar-refractivity contribution in [3.63, 3.8) is 0 Å². The Labute approximate surface area is 86.5 Å². The van der Waals surface area contributed by atoms with E-state index in [4.69, 9.17) is 4.74 Å². The number of nitrogens with one attached hydrogen (secondary N) is 1. The van der Waals surface area contributed by atoms with Crippen LogP contribution in [-0.4, -0.2) is 25.7 Å². The van der Waals surface area contributed by atoms with Crippen LogP contribution in [0.15, 0.2) is 12.2 Å². The van der Waals surface area contributed by atoms with Gasteiger partial charge in [-0.25, -0.2) is 4.79 Å². The standard InChI is InChI=1S/C11H21NO2/c1-5-14-11(13)10(4)8-12-7-6-9(2)3/h9,12H,4-8H2,1-3H3. The van der Waals surface area contributed by atoms with Crippen molar-refractivity contribution < 1.29 is 9.53 Å². The van der Waals surface area contributed by atoms with Crippen molar-refractivity contribution in [2.45, 2.75) is 27.2 Å². The monoisotopic (exact) mass is 199 g/mol. The molecule has 0 aliphatic heterocycles. The molecule has 0 unspecified atom stereocenters. The quantitative estimate of drug-likeness (QED) is 0.385. The van der Waals surface area contributed by atoms with Gasteiger partial charge in [-0.1, -0.05) is 20.4 Å². The molecule has 0 saturated heterocycles. The van der Waals surface area contributed by atoms with Gasteiger partial charge in [0, 0.05) is 12.1 Å². The second kappa shape index (κ2) is 7.56. The average molecular weight is 199 g/mol. The lowest BCUT2D eigenvalue weighted by Gasteiger charge is -2.08. The summed E-state index contributed by atoms with van der Waals surface area (Å²) >= 11 is 0. The maximum absolute atomic E-state index is 11.1. The molecule has 0 atom stereocenters. The number of hydrogen-bond donors (Lipinski definition) is 1. The number of hydrogen-bond acceptors (Lipinski definition) is 3. The summed E-state index contributed by atoms with van der Waals surface area (Å²) in [5.74, 6) is 0.378. The number of ether oxygens (including phenoxy) is 1. The van der Waals surface area contributed by atoms with Crippen LogP contribution in [0, 0.1) is 5.92 Å². The topological polar surface area (TPSA) is 38.3 Å². The molecular weight excluding hydrogens is 178 g/mol. The molecule has 14 heavy (non-hydrogen) atoms. The molecule has 0 amide bonds. The van der Waals surface area contributed by atoms with Crippen molar-refractivity contribution in [2.24, 2.45) is 5.92 Å². The third-order valence-electron chi connectivity index (χ3n) is 1.80. The molecule has 0 aromatic heterocycles. The van der Waals surface area contributed by atoms with E-state index in [0.717, 1.165) is 13.0 Å². The van der Waals surface area contributed by atoms with Crippen molar-refractivity contribution in [3.8, 4) is 0 Å². The molecule has 0 heterocycles. The molecule has 0 aliphatic carbocycles. The lowest BCUT2D eigenvalue weighted by molar-refractivity contribution is -0.138. The van der Waals surface area contributed by atoms with Crippen LogP contribution in [0.5, 0.6) is 0 Å². The molecule has 3 nitrogen and oxygen atoms in total. The van der Waals surface area contributed by atoms with Gasteiger partial charge in [0.1, 0.15) is 0 Å². The summed E-state index contributed by atoms with van der Waals surface area (Å²) in [5, 5.41) is 3.16. The van der Waals surface area contributed by atoms with Crippen molar-refractivity contribution >= 4 is 5.97 Å². The van der Waals surface area contributed by atoms with Gasteiger partial charge in [0.25, 0.3) is 0 Å². The SMILES string of the molecule is C=C(CNCCC(C)C)C(=O)OCC. The fraction of sp³-hybridized carbons (Fsp3) is 0.727. The molecule has 3 heteroatoms. The summed E-state index contributed by atoms with van der Waals surface area (Å²) < 4.78 is 4.80. The van der Waals surface area contributed by atoms with E-state index in [9.17, 15) is 4.79 Å². The predicted octanol–water partition coefficient (Wildman–Crippen LogP) is 1.74. The van der Waals surface area contributed by atoms with E-state index in [0.29, 0.717) is 24.6 Å². The molecule has 0 saturated carbocycles. The van der Waals surface area contributed by atoms with Gasteiger partial charge in [0.2, 0.25) is 0 Å². The molecule has 0 aromatic carbocycles. The molecule has 0 radical (unpaired) electrons. The molecule has 0 spiro atoms. The van der Waals surface area contributed by atoms with Crippen molar-refractivity contribution in [1.82, 2.24) is 5.32 Å². The van der Waals surface area contributed by atoms with E-state index in [1.54, 1.807) is 6.92 Å². The van der Waals surface area contributed by atoms with Gasteiger partial charge in [-0.2, -0.15) is 0 Å². The molecule has 1 N–H and O–H groups in total. The molecule has 82 valence electrons. The first-order valence-corrected chi connectivity index (χ1v) is 5.13. The summed E-state index contributed by atoms with van der Waals surface area (Å²) in [4.78, 5) is 11.1.